The van der Waals surface area contributed by atoms with Gasteiger partial charge in [0.15, 0.2) is 0 Å². The zero-order valence-corrected chi connectivity index (χ0v) is 10.9. The highest BCUT2D eigenvalue weighted by Crippen LogP contribution is 2.31. The Morgan fingerprint density at radius 3 is 2.64 bits per heavy atom. The van der Waals surface area contributed by atoms with Gasteiger partial charge < -0.3 is 10.5 Å². The van der Waals surface area contributed by atoms with Gasteiger partial charge in [-0.3, -0.25) is 0 Å². The van der Waals surface area contributed by atoms with Crippen LogP contribution in [0.3, 0.4) is 0 Å². The van der Waals surface area contributed by atoms with Crippen LogP contribution in [-0.2, 0) is 4.74 Å². The van der Waals surface area contributed by atoms with Gasteiger partial charge in [0.05, 0.1) is 3.79 Å². The quantitative estimate of drug-likeness (QED) is 0.896. The van der Waals surface area contributed by atoms with Crippen LogP contribution in [0.4, 0.5) is 0 Å². The summed E-state index contributed by atoms with van der Waals surface area (Å²) < 4.78 is 6.78. The fraction of sp³-hybridized carbons (Fsp3) is 0.600. The average Bonchev–Trinajstić information content (AvgIpc) is 2.60. The Morgan fingerprint density at radius 2 is 2.21 bits per heavy atom. The van der Waals surface area contributed by atoms with Crippen LogP contribution in [-0.4, -0.2) is 12.6 Å². The number of ether oxygens (including phenoxy) is 1. The van der Waals surface area contributed by atoms with Crippen molar-refractivity contribution in [1.82, 2.24) is 0 Å². The standard InChI is InChI=1S/C10H16BrNOS/c1-3-7(12)10(13-4-2)8-5-6-9(11)14-8/h5-7,10H,3-4,12H2,1-2H3. The highest BCUT2D eigenvalue weighted by atomic mass is 79.9. The normalized spacial score (nSPS) is 15.4. The summed E-state index contributed by atoms with van der Waals surface area (Å²) in [6.45, 7) is 4.78. The molecule has 2 atom stereocenters. The topological polar surface area (TPSA) is 35.2 Å². The lowest BCUT2D eigenvalue weighted by Crippen LogP contribution is -2.29. The fourth-order valence-electron chi connectivity index (χ4n) is 1.29. The third-order valence-electron chi connectivity index (χ3n) is 2.08. The molecule has 1 aromatic heterocycles. The van der Waals surface area contributed by atoms with Crippen LogP contribution in [0.25, 0.3) is 0 Å². The Labute approximate surface area is 97.6 Å². The first kappa shape index (κ1) is 12.2. The van der Waals surface area contributed by atoms with Crippen molar-refractivity contribution in [2.24, 2.45) is 5.73 Å². The summed E-state index contributed by atoms with van der Waals surface area (Å²) in [6, 6.07) is 4.19. The van der Waals surface area contributed by atoms with Crippen molar-refractivity contribution in [3.8, 4) is 0 Å². The van der Waals surface area contributed by atoms with Crippen LogP contribution < -0.4 is 5.73 Å². The van der Waals surface area contributed by atoms with E-state index in [2.05, 4.69) is 28.9 Å². The second-order valence-corrected chi connectivity index (χ2v) is 5.58. The Morgan fingerprint density at radius 1 is 1.50 bits per heavy atom. The van der Waals surface area contributed by atoms with E-state index in [0.29, 0.717) is 6.61 Å². The lowest BCUT2D eigenvalue weighted by Gasteiger charge is -2.21. The van der Waals surface area contributed by atoms with Crippen LogP contribution in [0.15, 0.2) is 15.9 Å². The molecule has 2 unspecified atom stereocenters. The van der Waals surface area contributed by atoms with Crippen molar-refractivity contribution < 1.29 is 4.74 Å². The minimum Gasteiger partial charge on any atom is -0.371 e. The van der Waals surface area contributed by atoms with Crippen molar-refractivity contribution in [2.75, 3.05) is 6.61 Å². The number of hydrogen-bond acceptors (Lipinski definition) is 3. The second kappa shape index (κ2) is 5.85. The van der Waals surface area contributed by atoms with Crippen LogP contribution in [0, 0.1) is 0 Å². The van der Waals surface area contributed by atoms with Crippen molar-refractivity contribution >= 4 is 27.3 Å². The lowest BCUT2D eigenvalue weighted by atomic mass is 10.1. The fourth-order valence-corrected chi connectivity index (χ4v) is 2.84. The molecule has 0 fully saturated rings. The number of hydrogen-bond donors (Lipinski definition) is 1. The summed E-state index contributed by atoms with van der Waals surface area (Å²) in [7, 11) is 0. The van der Waals surface area contributed by atoms with Gasteiger partial charge in [0.2, 0.25) is 0 Å². The molecule has 0 bridgehead atoms. The molecule has 0 aliphatic heterocycles. The van der Waals surface area contributed by atoms with Gasteiger partial charge in [-0.05, 0) is 41.4 Å². The monoisotopic (exact) mass is 277 g/mol. The van der Waals surface area contributed by atoms with Crippen molar-refractivity contribution in [3.05, 3.63) is 20.8 Å². The Bertz CT molecular complexity index is 277. The molecule has 1 rings (SSSR count). The van der Waals surface area contributed by atoms with Gasteiger partial charge in [-0.15, -0.1) is 11.3 Å². The zero-order valence-electron chi connectivity index (χ0n) is 8.50. The molecule has 0 spiro atoms. The predicted molar refractivity (Wildman–Crippen MR) is 64.7 cm³/mol. The van der Waals surface area contributed by atoms with Gasteiger partial charge in [0, 0.05) is 17.5 Å². The van der Waals surface area contributed by atoms with Gasteiger partial charge in [0.1, 0.15) is 6.10 Å². The minimum atomic E-state index is 0.0429. The molecule has 14 heavy (non-hydrogen) atoms. The summed E-state index contributed by atoms with van der Waals surface area (Å²) in [5.41, 5.74) is 6.01. The maximum absolute atomic E-state index is 6.01. The van der Waals surface area contributed by atoms with Crippen molar-refractivity contribution in [1.29, 1.82) is 0 Å². The van der Waals surface area contributed by atoms with E-state index in [1.54, 1.807) is 11.3 Å². The molecule has 0 aliphatic carbocycles. The number of rotatable bonds is 5. The molecular formula is C10H16BrNOS. The van der Waals surface area contributed by atoms with Gasteiger partial charge in [-0.1, -0.05) is 6.92 Å². The van der Waals surface area contributed by atoms with E-state index in [4.69, 9.17) is 10.5 Å². The molecule has 4 heteroatoms. The number of nitrogens with two attached hydrogens (primary N) is 1. The van der Waals surface area contributed by atoms with E-state index in [1.165, 1.54) is 4.88 Å². The first-order valence-electron chi connectivity index (χ1n) is 4.81. The average molecular weight is 278 g/mol. The first-order valence-corrected chi connectivity index (χ1v) is 6.42. The molecule has 1 heterocycles. The molecule has 80 valence electrons. The molecule has 0 amide bonds. The van der Waals surface area contributed by atoms with E-state index < -0.39 is 0 Å². The predicted octanol–water partition coefficient (Wildman–Crippen LogP) is 3.33. The largest absolute Gasteiger partial charge is 0.371 e. The van der Waals surface area contributed by atoms with E-state index in [1.807, 2.05) is 13.0 Å². The number of thiophene rings is 1. The molecule has 0 radical (unpaired) electrons. The molecular weight excluding hydrogens is 262 g/mol. The summed E-state index contributed by atoms with van der Waals surface area (Å²) in [6.07, 6.45) is 0.974. The van der Waals surface area contributed by atoms with E-state index in [-0.39, 0.29) is 12.1 Å². The van der Waals surface area contributed by atoms with Crippen LogP contribution in [0.5, 0.6) is 0 Å². The Kier molecular flexibility index (Phi) is 5.09. The van der Waals surface area contributed by atoms with E-state index in [9.17, 15) is 0 Å². The second-order valence-electron chi connectivity index (χ2n) is 3.09. The summed E-state index contributed by atoms with van der Waals surface area (Å²) in [5.74, 6) is 0. The van der Waals surface area contributed by atoms with Gasteiger partial charge >= 0.3 is 0 Å². The zero-order chi connectivity index (χ0) is 10.6. The summed E-state index contributed by atoms with van der Waals surface area (Å²) in [5, 5.41) is 0. The highest BCUT2D eigenvalue weighted by Gasteiger charge is 2.20. The Hall–Kier alpha value is 0.1000. The molecule has 1 aromatic rings. The maximum Gasteiger partial charge on any atom is 0.107 e. The van der Waals surface area contributed by atoms with E-state index in [0.717, 1.165) is 10.2 Å². The SMILES string of the molecule is CCOC(c1ccc(Br)s1)C(N)CC. The van der Waals surface area contributed by atoms with Gasteiger partial charge in [-0.2, -0.15) is 0 Å². The highest BCUT2D eigenvalue weighted by molar-refractivity contribution is 9.11. The minimum absolute atomic E-state index is 0.0429. The molecule has 0 saturated heterocycles. The van der Waals surface area contributed by atoms with Crippen LogP contribution >= 0.6 is 27.3 Å². The summed E-state index contributed by atoms with van der Waals surface area (Å²) >= 11 is 5.14. The van der Waals surface area contributed by atoms with Gasteiger partial charge in [0.25, 0.3) is 0 Å². The lowest BCUT2D eigenvalue weighted by molar-refractivity contribution is 0.0449. The Balaban J connectivity index is 2.76. The number of halogens is 1. The smallest absolute Gasteiger partial charge is 0.107 e. The van der Waals surface area contributed by atoms with Gasteiger partial charge in [-0.25, -0.2) is 0 Å². The van der Waals surface area contributed by atoms with Crippen molar-refractivity contribution in [3.63, 3.8) is 0 Å². The van der Waals surface area contributed by atoms with Crippen LogP contribution in [0.2, 0.25) is 0 Å². The summed E-state index contributed by atoms with van der Waals surface area (Å²) in [4.78, 5) is 1.20. The van der Waals surface area contributed by atoms with E-state index >= 15 is 0 Å². The molecule has 2 nitrogen and oxygen atoms in total. The first-order chi connectivity index (χ1) is 6.69. The van der Waals surface area contributed by atoms with Crippen molar-refractivity contribution in [2.45, 2.75) is 32.4 Å². The molecule has 0 aliphatic rings. The third kappa shape index (κ3) is 3.05. The molecule has 0 saturated carbocycles. The van der Waals surface area contributed by atoms with Crippen LogP contribution in [0.1, 0.15) is 31.2 Å². The molecule has 2 N–H and O–H groups in total. The molecule has 0 aromatic carbocycles. The maximum atomic E-state index is 6.01. The third-order valence-corrected chi connectivity index (χ3v) is 3.77.